The van der Waals surface area contributed by atoms with Gasteiger partial charge in [-0.2, -0.15) is 0 Å². The number of nitrogens with one attached hydrogen (secondary N) is 2. The van der Waals surface area contributed by atoms with Crippen LogP contribution in [0, 0.1) is 0 Å². The number of H-pyrrole nitrogens is 1. The summed E-state index contributed by atoms with van der Waals surface area (Å²) in [6.45, 7) is 3.80. The fourth-order valence-electron chi connectivity index (χ4n) is 4.78. The monoisotopic (exact) mass is 630 g/mol. The average molecular weight is 632 g/mol. The SMILES string of the molecule is O=C(O)C=Cc1ccc(-c2[nH]c(-c3ccc(Br)s3)nc2-c2ccc(C=CC(=O)NCCN3CCCCC3)cc2)cc1. The minimum Gasteiger partial charge on any atom is -0.478 e. The Morgan fingerprint density at radius 1 is 0.927 bits per heavy atom. The number of carboxylic acid groups (broad SMARTS) is 1. The van der Waals surface area contributed by atoms with Crippen molar-refractivity contribution in [2.45, 2.75) is 19.3 Å². The number of piperidine rings is 1. The van der Waals surface area contributed by atoms with Gasteiger partial charge in [-0.3, -0.25) is 4.79 Å². The molecule has 5 rings (SSSR count). The molecule has 1 saturated heterocycles. The van der Waals surface area contributed by atoms with Gasteiger partial charge in [0.05, 0.1) is 20.1 Å². The lowest BCUT2D eigenvalue weighted by Crippen LogP contribution is -2.37. The minimum absolute atomic E-state index is 0.0888. The molecule has 0 saturated carbocycles. The summed E-state index contributed by atoms with van der Waals surface area (Å²) >= 11 is 5.13. The van der Waals surface area contributed by atoms with Gasteiger partial charge in [0.25, 0.3) is 0 Å². The molecular weight excluding hydrogens is 600 g/mol. The Hall–Kier alpha value is -3.79. The maximum atomic E-state index is 12.3. The van der Waals surface area contributed by atoms with Crippen molar-refractivity contribution in [3.63, 3.8) is 0 Å². The van der Waals surface area contributed by atoms with E-state index >= 15 is 0 Å². The molecule has 3 N–H and O–H groups in total. The lowest BCUT2D eigenvalue weighted by molar-refractivity contribution is -0.131. The number of benzene rings is 2. The van der Waals surface area contributed by atoms with E-state index in [-0.39, 0.29) is 5.91 Å². The van der Waals surface area contributed by atoms with Crippen LogP contribution < -0.4 is 5.32 Å². The van der Waals surface area contributed by atoms with Gasteiger partial charge in [-0.05, 0) is 77.3 Å². The molecule has 4 aromatic rings. The molecule has 0 bridgehead atoms. The molecule has 1 fully saturated rings. The van der Waals surface area contributed by atoms with Crippen molar-refractivity contribution < 1.29 is 14.7 Å². The van der Waals surface area contributed by atoms with Gasteiger partial charge in [0.15, 0.2) is 0 Å². The van der Waals surface area contributed by atoms with Gasteiger partial charge in [0.2, 0.25) is 5.91 Å². The summed E-state index contributed by atoms with van der Waals surface area (Å²) in [6.07, 6.45) is 9.89. The number of hydrogen-bond acceptors (Lipinski definition) is 5. The quantitative estimate of drug-likeness (QED) is 0.165. The Morgan fingerprint density at radius 3 is 2.22 bits per heavy atom. The third-order valence-corrected chi connectivity index (χ3v) is 8.55. The Bertz CT molecular complexity index is 1550. The third kappa shape index (κ3) is 7.91. The first-order valence-electron chi connectivity index (χ1n) is 13.6. The predicted octanol–water partition coefficient (Wildman–Crippen LogP) is 6.95. The molecule has 0 spiro atoms. The Kier molecular flexibility index (Phi) is 9.61. The number of rotatable bonds is 10. The fraction of sp³-hybridized carbons (Fsp3) is 0.219. The van der Waals surface area contributed by atoms with E-state index in [9.17, 15) is 9.59 Å². The maximum absolute atomic E-state index is 12.3. The molecular formula is C32H31BrN4O3S. The molecule has 0 aliphatic carbocycles. The number of carboxylic acids is 1. The number of halogens is 1. The fourth-order valence-corrected chi connectivity index (χ4v) is 6.11. The summed E-state index contributed by atoms with van der Waals surface area (Å²) in [5, 5.41) is 11.9. The summed E-state index contributed by atoms with van der Waals surface area (Å²) in [4.78, 5) is 35.0. The molecule has 41 heavy (non-hydrogen) atoms. The minimum atomic E-state index is -0.983. The predicted molar refractivity (Wildman–Crippen MR) is 169 cm³/mol. The molecule has 2 aromatic carbocycles. The van der Waals surface area contributed by atoms with Gasteiger partial charge in [0.1, 0.15) is 5.82 Å². The van der Waals surface area contributed by atoms with E-state index in [2.05, 4.69) is 31.1 Å². The molecule has 1 amide bonds. The number of aromatic nitrogens is 2. The van der Waals surface area contributed by atoms with Crippen molar-refractivity contribution in [2.24, 2.45) is 0 Å². The van der Waals surface area contributed by atoms with Crippen LogP contribution in [0.1, 0.15) is 30.4 Å². The van der Waals surface area contributed by atoms with Gasteiger partial charge in [-0.1, -0.05) is 55.0 Å². The average Bonchev–Trinajstić information content (AvgIpc) is 3.63. The number of carbonyl (C=O) groups is 2. The number of imidazole rings is 1. The van der Waals surface area contributed by atoms with E-state index in [1.165, 1.54) is 19.3 Å². The number of hydrogen-bond donors (Lipinski definition) is 3. The Morgan fingerprint density at radius 2 is 1.59 bits per heavy atom. The van der Waals surface area contributed by atoms with Crippen LogP contribution in [-0.4, -0.2) is 58.0 Å². The first-order valence-corrected chi connectivity index (χ1v) is 15.2. The number of aliphatic carboxylic acids is 1. The summed E-state index contributed by atoms with van der Waals surface area (Å²) in [5.74, 6) is -0.303. The molecule has 210 valence electrons. The van der Waals surface area contributed by atoms with Crippen LogP contribution in [-0.2, 0) is 9.59 Å². The molecule has 0 atom stereocenters. The number of amides is 1. The van der Waals surface area contributed by atoms with E-state index in [4.69, 9.17) is 10.1 Å². The second-order valence-electron chi connectivity index (χ2n) is 9.86. The first-order chi connectivity index (χ1) is 19.9. The zero-order chi connectivity index (χ0) is 28.6. The number of likely N-dealkylation sites (tertiary alicyclic amines) is 1. The standard InChI is InChI=1S/C32H31BrN4O3S/c33-27-15-14-26(41-27)32-35-30(31(36-32)25-12-6-23(7-13-25)9-17-29(39)40)24-10-4-22(5-11-24)8-16-28(38)34-18-21-37-19-2-1-3-20-37/h4-17H,1-3,18-21H2,(H,34,38)(H,35,36)(H,39,40). The van der Waals surface area contributed by atoms with Crippen molar-refractivity contribution in [2.75, 3.05) is 26.2 Å². The van der Waals surface area contributed by atoms with Crippen LogP contribution in [0.5, 0.6) is 0 Å². The summed E-state index contributed by atoms with van der Waals surface area (Å²) in [6, 6.07) is 19.7. The van der Waals surface area contributed by atoms with Gasteiger partial charge in [0, 0.05) is 36.4 Å². The van der Waals surface area contributed by atoms with Gasteiger partial charge >= 0.3 is 5.97 Å². The van der Waals surface area contributed by atoms with Crippen molar-refractivity contribution in [3.05, 3.63) is 87.7 Å². The van der Waals surface area contributed by atoms with Crippen molar-refractivity contribution in [1.82, 2.24) is 20.2 Å². The van der Waals surface area contributed by atoms with Crippen LogP contribution in [0.15, 0.2) is 76.6 Å². The molecule has 1 aliphatic rings. The molecule has 0 radical (unpaired) electrons. The van der Waals surface area contributed by atoms with Crippen LogP contribution in [0.4, 0.5) is 0 Å². The lowest BCUT2D eigenvalue weighted by Gasteiger charge is -2.26. The van der Waals surface area contributed by atoms with Crippen molar-refractivity contribution >= 4 is 51.3 Å². The molecule has 1 aliphatic heterocycles. The van der Waals surface area contributed by atoms with Crippen LogP contribution >= 0.6 is 27.3 Å². The topological polar surface area (TPSA) is 98.3 Å². The number of nitrogens with zero attached hydrogens (tertiary/aromatic N) is 2. The van der Waals surface area contributed by atoms with Gasteiger partial charge in [-0.25, -0.2) is 9.78 Å². The molecule has 0 unspecified atom stereocenters. The zero-order valence-corrected chi connectivity index (χ0v) is 24.9. The number of aromatic amines is 1. The summed E-state index contributed by atoms with van der Waals surface area (Å²) in [7, 11) is 0. The zero-order valence-electron chi connectivity index (χ0n) is 22.5. The Balaban J connectivity index is 1.32. The number of thiophene rings is 1. The van der Waals surface area contributed by atoms with Crippen LogP contribution in [0.25, 0.3) is 45.4 Å². The van der Waals surface area contributed by atoms with E-state index in [0.29, 0.717) is 6.54 Å². The molecule has 7 nitrogen and oxygen atoms in total. The smallest absolute Gasteiger partial charge is 0.328 e. The summed E-state index contributed by atoms with van der Waals surface area (Å²) < 4.78 is 1.02. The third-order valence-electron chi connectivity index (χ3n) is 6.92. The van der Waals surface area contributed by atoms with E-state index < -0.39 is 5.97 Å². The highest BCUT2D eigenvalue weighted by molar-refractivity contribution is 9.11. The van der Waals surface area contributed by atoms with Crippen LogP contribution in [0.2, 0.25) is 0 Å². The highest BCUT2D eigenvalue weighted by atomic mass is 79.9. The number of carbonyl (C=O) groups excluding carboxylic acids is 1. The van der Waals surface area contributed by atoms with E-state index in [1.54, 1.807) is 23.5 Å². The normalized spacial score (nSPS) is 14.2. The van der Waals surface area contributed by atoms with Crippen molar-refractivity contribution in [3.8, 4) is 33.2 Å². The first kappa shape index (κ1) is 28.7. The Labute approximate surface area is 251 Å². The highest BCUT2D eigenvalue weighted by Crippen LogP contribution is 2.36. The molecule has 9 heteroatoms. The second-order valence-corrected chi connectivity index (χ2v) is 12.3. The van der Waals surface area contributed by atoms with Crippen molar-refractivity contribution in [1.29, 1.82) is 0 Å². The molecule has 2 aromatic heterocycles. The maximum Gasteiger partial charge on any atom is 0.328 e. The van der Waals surface area contributed by atoms with E-state index in [0.717, 1.165) is 73.8 Å². The van der Waals surface area contributed by atoms with E-state index in [1.807, 2.05) is 66.7 Å². The van der Waals surface area contributed by atoms with Gasteiger partial charge < -0.3 is 20.3 Å². The highest BCUT2D eigenvalue weighted by Gasteiger charge is 2.16. The van der Waals surface area contributed by atoms with Gasteiger partial charge in [-0.15, -0.1) is 11.3 Å². The molecule has 3 heterocycles. The lowest BCUT2D eigenvalue weighted by atomic mass is 10.0. The summed E-state index contributed by atoms with van der Waals surface area (Å²) in [5.41, 5.74) is 5.28. The van der Waals surface area contributed by atoms with Crippen LogP contribution in [0.3, 0.4) is 0 Å². The second kappa shape index (κ2) is 13.7. The largest absolute Gasteiger partial charge is 0.478 e.